The van der Waals surface area contributed by atoms with E-state index in [1.807, 2.05) is 24.3 Å². The molecule has 0 spiro atoms. The molecule has 0 aliphatic carbocycles. The van der Waals surface area contributed by atoms with Crippen LogP contribution in [0.4, 0.5) is 5.69 Å². The standard InChI is InChI=1S/C24H30ClN3O4S/c1-18-8-10-27(11-9-18)24(29)22-17-21(6-7-23(22)32-2)33(30,31)28-14-12-26(13-15-28)20-5-3-4-19(25)16-20/h3-7,16-18H,8-15H2,1-2H3. The lowest BCUT2D eigenvalue weighted by Crippen LogP contribution is -2.48. The molecule has 2 fully saturated rings. The van der Waals surface area contributed by atoms with Crippen LogP contribution >= 0.6 is 11.6 Å². The van der Waals surface area contributed by atoms with Gasteiger partial charge in [-0.15, -0.1) is 0 Å². The number of likely N-dealkylation sites (tertiary alicyclic amines) is 1. The molecule has 0 saturated carbocycles. The van der Waals surface area contributed by atoms with Crippen LogP contribution in [0.1, 0.15) is 30.1 Å². The highest BCUT2D eigenvalue weighted by atomic mass is 35.5. The Morgan fingerprint density at radius 2 is 1.70 bits per heavy atom. The number of anilines is 1. The minimum Gasteiger partial charge on any atom is -0.496 e. The smallest absolute Gasteiger partial charge is 0.257 e. The highest BCUT2D eigenvalue weighted by Crippen LogP contribution is 2.29. The first-order valence-electron chi connectivity index (χ1n) is 11.3. The van der Waals surface area contributed by atoms with Gasteiger partial charge in [0.2, 0.25) is 10.0 Å². The van der Waals surface area contributed by atoms with Crippen LogP contribution in [-0.4, -0.2) is 69.9 Å². The van der Waals surface area contributed by atoms with Crippen LogP contribution in [0.25, 0.3) is 0 Å². The second-order valence-electron chi connectivity index (χ2n) is 8.71. The van der Waals surface area contributed by atoms with Gasteiger partial charge in [-0.05, 0) is 55.2 Å². The Morgan fingerprint density at radius 3 is 2.33 bits per heavy atom. The number of hydrogen-bond donors (Lipinski definition) is 0. The second-order valence-corrected chi connectivity index (χ2v) is 11.1. The molecule has 2 aromatic carbocycles. The molecule has 9 heteroatoms. The summed E-state index contributed by atoms with van der Waals surface area (Å²) in [5.41, 5.74) is 1.28. The minimum atomic E-state index is -3.74. The van der Waals surface area contributed by atoms with Crippen molar-refractivity contribution >= 4 is 33.2 Å². The van der Waals surface area contributed by atoms with Gasteiger partial charge >= 0.3 is 0 Å². The Balaban J connectivity index is 1.52. The van der Waals surface area contributed by atoms with Crippen molar-refractivity contribution in [1.82, 2.24) is 9.21 Å². The van der Waals surface area contributed by atoms with Crippen molar-refractivity contribution in [3.05, 3.63) is 53.1 Å². The topological polar surface area (TPSA) is 70.2 Å². The molecule has 0 aromatic heterocycles. The van der Waals surface area contributed by atoms with E-state index in [9.17, 15) is 13.2 Å². The predicted octanol–water partition coefficient (Wildman–Crippen LogP) is 3.73. The Hall–Kier alpha value is -2.29. The summed E-state index contributed by atoms with van der Waals surface area (Å²) in [7, 11) is -2.25. The zero-order chi connectivity index (χ0) is 23.6. The molecule has 7 nitrogen and oxygen atoms in total. The van der Waals surface area contributed by atoms with Gasteiger partial charge in [-0.2, -0.15) is 4.31 Å². The Morgan fingerprint density at radius 1 is 1.00 bits per heavy atom. The normalized spacial score (nSPS) is 18.4. The number of rotatable bonds is 5. The lowest BCUT2D eigenvalue weighted by Gasteiger charge is -2.35. The Bertz CT molecular complexity index is 1110. The maximum Gasteiger partial charge on any atom is 0.257 e. The molecule has 0 radical (unpaired) electrons. The van der Waals surface area contributed by atoms with Gasteiger partial charge in [0, 0.05) is 50.0 Å². The molecule has 4 rings (SSSR count). The summed E-state index contributed by atoms with van der Waals surface area (Å²) < 4.78 is 33.7. The van der Waals surface area contributed by atoms with E-state index in [0.29, 0.717) is 61.5 Å². The second kappa shape index (κ2) is 9.91. The number of sulfonamides is 1. The van der Waals surface area contributed by atoms with Crippen molar-refractivity contribution in [3.63, 3.8) is 0 Å². The van der Waals surface area contributed by atoms with E-state index < -0.39 is 10.0 Å². The third-order valence-electron chi connectivity index (χ3n) is 6.52. The van der Waals surface area contributed by atoms with Crippen molar-refractivity contribution in [2.45, 2.75) is 24.7 Å². The van der Waals surface area contributed by atoms with Gasteiger partial charge in [-0.1, -0.05) is 24.6 Å². The van der Waals surface area contributed by atoms with E-state index in [1.54, 1.807) is 11.0 Å². The monoisotopic (exact) mass is 491 g/mol. The van der Waals surface area contributed by atoms with Crippen LogP contribution in [-0.2, 0) is 10.0 Å². The van der Waals surface area contributed by atoms with Crippen molar-refractivity contribution < 1.29 is 17.9 Å². The largest absolute Gasteiger partial charge is 0.496 e. The highest BCUT2D eigenvalue weighted by Gasteiger charge is 2.31. The van der Waals surface area contributed by atoms with E-state index in [2.05, 4.69) is 11.8 Å². The molecule has 2 aliphatic rings. The first-order valence-corrected chi connectivity index (χ1v) is 13.1. The van der Waals surface area contributed by atoms with Gasteiger partial charge < -0.3 is 14.5 Å². The fraction of sp³-hybridized carbons (Fsp3) is 0.458. The SMILES string of the molecule is COc1ccc(S(=O)(=O)N2CCN(c3cccc(Cl)c3)CC2)cc1C(=O)N1CCC(C)CC1. The third kappa shape index (κ3) is 5.13. The number of halogens is 1. The highest BCUT2D eigenvalue weighted by molar-refractivity contribution is 7.89. The summed E-state index contributed by atoms with van der Waals surface area (Å²) in [4.78, 5) is 17.2. The fourth-order valence-electron chi connectivity index (χ4n) is 4.41. The molecule has 2 heterocycles. The lowest BCUT2D eigenvalue weighted by atomic mass is 9.98. The summed E-state index contributed by atoms with van der Waals surface area (Å²) in [6, 6.07) is 12.1. The van der Waals surface area contributed by atoms with Crippen molar-refractivity contribution in [2.75, 3.05) is 51.3 Å². The van der Waals surface area contributed by atoms with Gasteiger partial charge in [-0.25, -0.2) is 8.42 Å². The predicted molar refractivity (Wildman–Crippen MR) is 130 cm³/mol. The molecule has 0 atom stereocenters. The van der Waals surface area contributed by atoms with Gasteiger partial charge in [0.05, 0.1) is 17.6 Å². The maximum atomic E-state index is 13.4. The number of methoxy groups -OCH3 is 1. The molecule has 2 saturated heterocycles. The molecule has 0 N–H and O–H groups in total. The van der Waals surface area contributed by atoms with Gasteiger partial charge in [0.25, 0.3) is 5.91 Å². The fourth-order valence-corrected chi connectivity index (χ4v) is 6.04. The number of piperidine rings is 1. The number of carbonyl (C=O) groups is 1. The van der Waals surface area contributed by atoms with Gasteiger partial charge in [-0.3, -0.25) is 4.79 Å². The maximum absolute atomic E-state index is 13.4. The van der Waals surface area contributed by atoms with E-state index >= 15 is 0 Å². The number of benzene rings is 2. The number of carbonyl (C=O) groups excluding carboxylic acids is 1. The Labute approximate surface area is 200 Å². The molecule has 0 unspecified atom stereocenters. The van der Waals surface area contributed by atoms with Gasteiger partial charge in [0.15, 0.2) is 0 Å². The summed E-state index contributed by atoms with van der Waals surface area (Å²) in [6.07, 6.45) is 1.89. The van der Waals surface area contributed by atoms with E-state index in [-0.39, 0.29) is 10.8 Å². The number of amides is 1. The van der Waals surface area contributed by atoms with Crippen molar-refractivity contribution in [1.29, 1.82) is 0 Å². The van der Waals surface area contributed by atoms with Crippen LogP contribution in [0.3, 0.4) is 0 Å². The van der Waals surface area contributed by atoms with Crippen LogP contribution in [0.15, 0.2) is 47.4 Å². The minimum absolute atomic E-state index is 0.119. The van der Waals surface area contributed by atoms with Crippen LogP contribution in [0.5, 0.6) is 5.75 Å². The van der Waals surface area contributed by atoms with Crippen LogP contribution in [0, 0.1) is 5.92 Å². The molecular formula is C24H30ClN3O4S. The first kappa shape index (κ1) is 23.9. The molecule has 0 bridgehead atoms. The number of piperazine rings is 1. The average molecular weight is 492 g/mol. The summed E-state index contributed by atoms with van der Waals surface area (Å²) >= 11 is 6.10. The number of ether oxygens (including phenoxy) is 1. The lowest BCUT2D eigenvalue weighted by molar-refractivity contribution is 0.0693. The van der Waals surface area contributed by atoms with E-state index in [0.717, 1.165) is 18.5 Å². The van der Waals surface area contributed by atoms with Crippen molar-refractivity contribution in [3.8, 4) is 5.75 Å². The molecule has 33 heavy (non-hydrogen) atoms. The van der Waals surface area contributed by atoms with Crippen LogP contribution in [0.2, 0.25) is 5.02 Å². The van der Waals surface area contributed by atoms with Gasteiger partial charge in [0.1, 0.15) is 5.75 Å². The summed E-state index contributed by atoms with van der Waals surface area (Å²) in [5, 5.41) is 0.654. The number of nitrogens with zero attached hydrogens (tertiary/aromatic N) is 3. The molecule has 2 aliphatic heterocycles. The molecular weight excluding hydrogens is 462 g/mol. The number of hydrogen-bond acceptors (Lipinski definition) is 5. The molecule has 178 valence electrons. The first-order chi connectivity index (χ1) is 15.8. The zero-order valence-corrected chi connectivity index (χ0v) is 20.6. The average Bonchev–Trinajstić information content (AvgIpc) is 2.83. The summed E-state index contributed by atoms with van der Waals surface area (Å²) in [5.74, 6) is 0.804. The molecule has 2 aromatic rings. The summed E-state index contributed by atoms with van der Waals surface area (Å²) in [6.45, 7) is 5.36. The van der Waals surface area contributed by atoms with Crippen molar-refractivity contribution in [2.24, 2.45) is 5.92 Å². The van der Waals surface area contributed by atoms with E-state index in [4.69, 9.17) is 16.3 Å². The third-order valence-corrected chi connectivity index (χ3v) is 8.65. The van der Waals surface area contributed by atoms with Crippen LogP contribution < -0.4 is 9.64 Å². The molecule has 1 amide bonds. The Kier molecular flexibility index (Phi) is 7.16. The zero-order valence-electron chi connectivity index (χ0n) is 19.0. The van der Waals surface area contributed by atoms with E-state index in [1.165, 1.54) is 23.5 Å². The quantitative estimate of drug-likeness (QED) is 0.637.